The summed E-state index contributed by atoms with van der Waals surface area (Å²) < 4.78 is 15.9. The van der Waals surface area contributed by atoms with Gasteiger partial charge in [-0.2, -0.15) is 0 Å². The Labute approximate surface area is 157 Å². The van der Waals surface area contributed by atoms with Crippen LogP contribution in [0.15, 0.2) is 24.3 Å². The number of halogens is 1. The van der Waals surface area contributed by atoms with Crippen molar-refractivity contribution in [2.24, 2.45) is 18.9 Å². The van der Waals surface area contributed by atoms with Crippen molar-refractivity contribution in [3.8, 4) is 0 Å². The van der Waals surface area contributed by atoms with Crippen molar-refractivity contribution in [3.63, 3.8) is 0 Å². The number of likely N-dealkylation sites (tertiary alicyclic amines) is 1. The number of benzene rings is 1. The monoisotopic (exact) mass is 372 g/mol. The fourth-order valence-electron chi connectivity index (χ4n) is 4.83. The highest BCUT2D eigenvalue weighted by Crippen LogP contribution is 2.35. The SMILES string of the molecule is CC1NC(N2CC3CN(c4nc5ccccc5n4C)CC3C2)NC(=O)C1F. The van der Waals surface area contributed by atoms with Gasteiger partial charge in [-0.15, -0.1) is 0 Å². The minimum Gasteiger partial charge on any atom is -0.342 e. The second kappa shape index (κ2) is 6.17. The number of alkyl halides is 1. The van der Waals surface area contributed by atoms with Gasteiger partial charge in [-0.25, -0.2) is 9.37 Å². The molecule has 0 aliphatic carbocycles. The molecule has 0 radical (unpaired) electrons. The van der Waals surface area contributed by atoms with E-state index in [0.29, 0.717) is 11.8 Å². The maximum atomic E-state index is 13.7. The van der Waals surface area contributed by atoms with Crippen LogP contribution in [0.3, 0.4) is 0 Å². The number of carbonyl (C=O) groups is 1. The van der Waals surface area contributed by atoms with Crippen LogP contribution in [0.1, 0.15) is 6.92 Å². The normalized spacial score (nSPS) is 34.3. The van der Waals surface area contributed by atoms with E-state index in [-0.39, 0.29) is 6.29 Å². The van der Waals surface area contributed by atoms with Crippen molar-refractivity contribution < 1.29 is 9.18 Å². The summed E-state index contributed by atoms with van der Waals surface area (Å²) in [6, 6.07) is 7.75. The van der Waals surface area contributed by atoms with Gasteiger partial charge in [-0.05, 0) is 30.9 Å². The molecule has 1 amide bonds. The van der Waals surface area contributed by atoms with E-state index < -0.39 is 18.1 Å². The lowest BCUT2D eigenvalue weighted by Crippen LogP contribution is -2.67. The van der Waals surface area contributed by atoms with Gasteiger partial charge in [0, 0.05) is 39.3 Å². The van der Waals surface area contributed by atoms with Gasteiger partial charge in [-0.3, -0.25) is 15.0 Å². The van der Waals surface area contributed by atoms with E-state index in [1.54, 1.807) is 6.92 Å². The van der Waals surface area contributed by atoms with E-state index in [0.717, 1.165) is 43.2 Å². The highest BCUT2D eigenvalue weighted by atomic mass is 19.1. The summed E-state index contributed by atoms with van der Waals surface area (Å²) in [5, 5.41) is 5.95. The molecule has 8 heteroatoms. The molecule has 7 nitrogen and oxygen atoms in total. The Kier molecular flexibility index (Phi) is 3.87. The van der Waals surface area contributed by atoms with Gasteiger partial charge in [-0.1, -0.05) is 12.1 Å². The van der Waals surface area contributed by atoms with E-state index in [9.17, 15) is 9.18 Å². The van der Waals surface area contributed by atoms with Crippen LogP contribution < -0.4 is 15.5 Å². The summed E-state index contributed by atoms with van der Waals surface area (Å²) in [6.07, 6.45) is -1.74. The van der Waals surface area contributed by atoms with Crippen LogP contribution in [-0.2, 0) is 11.8 Å². The van der Waals surface area contributed by atoms with Crippen LogP contribution in [0.4, 0.5) is 10.3 Å². The number of fused-ring (bicyclic) bond motifs is 2. The molecule has 1 aromatic carbocycles. The van der Waals surface area contributed by atoms with E-state index in [1.165, 1.54) is 0 Å². The summed E-state index contributed by atoms with van der Waals surface area (Å²) in [6.45, 7) is 5.43. The predicted molar refractivity (Wildman–Crippen MR) is 101 cm³/mol. The van der Waals surface area contributed by atoms with E-state index in [1.807, 2.05) is 18.2 Å². The molecule has 2 N–H and O–H groups in total. The molecule has 1 aromatic heterocycles. The number of hydrogen-bond acceptors (Lipinski definition) is 5. The van der Waals surface area contributed by atoms with Crippen LogP contribution in [0.25, 0.3) is 11.0 Å². The number of amides is 1. The number of aryl methyl sites for hydroxylation is 1. The topological polar surface area (TPSA) is 65.4 Å². The molecule has 5 rings (SSSR count). The molecular formula is C19H25FN6O. The van der Waals surface area contributed by atoms with Gasteiger partial charge in [0.1, 0.15) is 6.29 Å². The minimum absolute atomic E-state index is 0.269. The lowest BCUT2D eigenvalue weighted by atomic mass is 10.0. The van der Waals surface area contributed by atoms with Crippen LogP contribution in [0.2, 0.25) is 0 Å². The number of carbonyl (C=O) groups excluding carboxylic acids is 1. The van der Waals surface area contributed by atoms with Crippen molar-refractivity contribution >= 4 is 22.9 Å². The molecule has 3 aliphatic heterocycles. The number of para-hydroxylation sites is 2. The fraction of sp³-hybridized carbons (Fsp3) is 0.579. The number of nitrogens with one attached hydrogen (secondary N) is 2. The maximum absolute atomic E-state index is 13.7. The first-order chi connectivity index (χ1) is 13.0. The molecule has 0 saturated carbocycles. The van der Waals surface area contributed by atoms with Crippen molar-refractivity contribution in [3.05, 3.63) is 24.3 Å². The largest absolute Gasteiger partial charge is 0.342 e. The third-order valence-electron chi connectivity index (χ3n) is 6.32. The molecule has 5 unspecified atom stereocenters. The Morgan fingerprint density at radius 1 is 1.15 bits per heavy atom. The highest BCUT2D eigenvalue weighted by Gasteiger charge is 2.45. The summed E-state index contributed by atoms with van der Waals surface area (Å²) in [4.78, 5) is 21.2. The van der Waals surface area contributed by atoms with Crippen molar-refractivity contribution in [2.75, 3.05) is 31.1 Å². The zero-order valence-electron chi connectivity index (χ0n) is 15.6. The van der Waals surface area contributed by atoms with Gasteiger partial charge in [0.25, 0.3) is 5.91 Å². The second-order valence-electron chi connectivity index (χ2n) is 8.11. The highest BCUT2D eigenvalue weighted by molar-refractivity contribution is 5.82. The number of anilines is 1. The third-order valence-corrected chi connectivity index (χ3v) is 6.32. The zero-order chi connectivity index (χ0) is 18.7. The standard InChI is InChI=1S/C19H25FN6O/c1-11-16(20)17(27)23-18(21-11)25-7-12-9-26(10-13(12)8-25)19-22-14-5-3-4-6-15(14)24(19)2/h3-6,11-13,16,18,21H,7-10H2,1-2H3,(H,23,27). The number of rotatable bonds is 2. The lowest BCUT2D eigenvalue weighted by molar-refractivity contribution is -0.133. The summed E-state index contributed by atoms with van der Waals surface area (Å²) in [5.41, 5.74) is 2.17. The fourth-order valence-corrected chi connectivity index (χ4v) is 4.83. The number of nitrogens with zero attached hydrogens (tertiary/aromatic N) is 4. The first kappa shape index (κ1) is 16.9. The Balaban J connectivity index is 1.28. The Bertz CT molecular complexity index is 870. The quantitative estimate of drug-likeness (QED) is 0.811. The average Bonchev–Trinajstić information content (AvgIpc) is 3.31. The van der Waals surface area contributed by atoms with Gasteiger partial charge >= 0.3 is 0 Å². The van der Waals surface area contributed by atoms with Crippen LogP contribution in [-0.4, -0.2) is 65.0 Å². The van der Waals surface area contributed by atoms with Crippen molar-refractivity contribution in [1.29, 1.82) is 0 Å². The maximum Gasteiger partial charge on any atom is 0.258 e. The Morgan fingerprint density at radius 2 is 1.85 bits per heavy atom. The van der Waals surface area contributed by atoms with E-state index in [4.69, 9.17) is 4.98 Å². The van der Waals surface area contributed by atoms with Crippen molar-refractivity contribution in [1.82, 2.24) is 25.1 Å². The zero-order valence-corrected chi connectivity index (χ0v) is 15.6. The molecule has 3 fully saturated rings. The molecule has 4 heterocycles. The van der Waals surface area contributed by atoms with E-state index in [2.05, 4.69) is 38.1 Å². The summed E-state index contributed by atoms with van der Waals surface area (Å²) in [5.74, 6) is 1.57. The average molecular weight is 372 g/mol. The molecule has 5 atom stereocenters. The number of aromatic nitrogens is 2. The van der Waals surface area contributed by atoms with Gasteiger partial charge in [0.2, 0.25) is 5.95 Å². The summed E-state index contributed by atoms with van der Waals surface area (Å²) in [7, 11) is 2.07. The molecule has 27 heavy (non-hydrogen) atoms. The lowest BCUT2D eigenvalue weighted by Gasteiger charge is -2.37. The Hall–Kier alpha value is -2.19. The molecule has 0 spiro atoms. The number of imidazole rings is 1. The smallest absolute Gasteiger partial charge is 0.258 e. The van der Waals surface area contributed by atoms with E-state index >= 15 is 0 Å². The van der Waals surface area contributed by atoms with Crippen LogP contribution in [0, 0.1) is 11.8 Å². The van der Waals surface area contributed by atoms with Gasteiger partial charge < -0.3 is 14.8 Å². The molecule has 3 aliphatic rings. The second-order valence-corrected chi connectivity index (χ2v) is 8.11. The minimum atomic E-state index is -1.48. The molecule has 3 saturated heterocycles. The predicted octanol–water partition coefficient (Wildman–Crippen LogP) is 0.671. The van der Waals surface area contributed by atoms with Crippen LogP contribution in [0.5, 0.6) is 0 Å². The summed E-state index contributed by atoms with van der Waals surface area (Å²) >= 11 is 0. The van der Waals surface area contributed by atoms with Gasteiger partial charge in [0.15, 0.2) is 6.17 Å². The molecule has 2 aromatic rings. The first-order valence-electron chi connectivity index (χ1n) is 9.62. The molecule has 0 bridgehead atoms. The van der Waals surface area contributed by atoms with Crippen LogP contribution >= 0.6 is 0 Å². The van der Waals surface area contributed by atoms with Gasteiger partial charge in [0.05, 0.1) is 11.0 Å². The Morgan fingerprint density at radius 3 is 2.52 bits per heavy atom. The first-order valence-corrected chi connectivity index (χ1v) is 9.62. The molecular weight excluding hydrogens is 347 g/mol. The number of hydrogen-bond donors (Lipinski definition) is 2. The third kappa shape index (κ3) is 2.70. The van der Waals surface area contributed by atoms with Crippen molar-refractivity contribution in [2.45, 2.75) is 25.4 Å². The molecule has 144 valence electrons.